The van der Waals surface area contributed by atoms with Gasteiger partial charge in [0, 0.05) is 17.9 Å². The lowest BCUT2D eigenvalue weighted by Crippen LogP contribution is -2.23. The number of imidazole rings is 1. The molecular formula is C13H19N3OS. The van der Waals surface area contributed by atoms with Crippen molar-refractivity contribution in [3.05, 3.63) is 18.2 Å². The van der Waals surface area contributed by atoms with E-state index in [4.69, 9.17) is 4.74 Å². The zero-order valence-corrected chi connectivity index (χ0v) is 11.8. The fourth-order valence-electron chi connectivity index (χ4n) is 1.58. The van der Waals surface area contributed by atoms with Gasteiger partial charge in [-0.2, -0.15) is 0 Å². The van der Waals surface area contributed by atoms with Crippen LogP contribution in [-0.4, -0.2) is 35.4 Å². The van der Waals surface area contributed by atoms with E-state index in [1.807, 2.05) is 32.2 Å². The molecule has 0 aliphatic heterocycles. The summed E-state index contributed by atoms with van der Waals surface area (Å²) < 4.78 is 5.47. The Morgan fingerprint density at radius 2 is 2.33 bits per heavy atom. The number of fused-ring (bicyclic) bond motifs is 1. The van der Waals surface area contributed by atoms with E-state index in [0.717, 1.165) is 27.7 Å². The van der Waals surface area contributed by atoms with E-state index in [0.29, 0.717) is 12.6 Å². The van der Waals surface area contributed by atoms with Crippen LogP contribution in [0.2, 0.25) is 0 Å². The summed E-state index contributed by atoms with van der Waals surface area (Å²) >= 11 is 1.73. The number of nitrogens with one attached hydrogen (secondary N) is 2. The van der Waals surface area contributed by atoms with E-state index in [9.17, 15) is 0 Å². The second-order valence-corrected chi connectivity index (χ2v) is 5.16. The fourth-order valence-corrected chi connectivity index (χ4v) is 2.50. The summed E-state index contributed by atoms with van der Waals surface area (Å²) in [4.78, 5) is 7.86. The smallest absolute Gasteiger partial charge is 0.166 e. The summed E-state index contributed by atoms with van der Waals surface area (Å²) in [6, 6.07) is 6.42. The summed E-state index contributed by atoms with van der Waals surface area (Å²) in [7, 11) is 1.97. The molecule has 0 spiro atoms. The first-order valence-corrected chi connectivity index (χ1v) is 7.14. The van der Waals surface area contributed by atoms with Crippen molar-refractivity contribution in [3.63, 3.8) is 0 Å². The minimum absolute atomic E-state index is 0.474. The van der Waals surface area contributed by atoms with Gasteiger partial charge in [0.2, 0.25) is 0 Å². The Kier molecular flexibility index (Phi) is 4.49. The minimum Gasteiger partial charge on any atom is -0.494 e. The Hall–Kier alpha value is -1.20. The quantitative estimate of drug-likeness (QED) is 0.788. The molecule has 0 saturated carbocycles. The number of ether oxygens (including phenoxy) is 1. The maximum absolute atomic E-state index is 5.47. The van der Waals surface area contributed by atoms with Crippen molar-refractivity contribution < 1.29 is 4.74 Å². The van der Waals surface area contributed by atoms with E-state index >= 15 is 0 Å². The molecule has 0 aliphatic rings. The van der Waals surface area contributed by atoms with Gasteiger partial charge >= 0.3 is 0 Å². The molecule has 0 radical (unpaired) electrons. The molecule has 18 heavy (non-hydrogen) atoms. The molecule has 0 aliphatic carbocycles. The Morgan fingerprint density at radius 3 is 3.06 bits per heavy atom. The highest BCUT2D eigenvalue weighted by molar-refractivity contribution is 7.99. The van der Waals surface area contributed by atoms with Gasteiger partial charge in [0.15, 0.2) is 5.16 Å². The molecule has 2 aromatic rings. The lowest BCUT2D eigenvalue weighted by molar-refractivity contribution is 0.340. The number of benzene rings is 1. The van der Waals surface area contributed by atoms with Crippen molar-refractivity contribution in [1.29, 1.82) is 0 Å². The lowest BCUT2D eigenvalue weighted by Gasteiger charge is -2.06. The van der Waals surface area contributed by atoms with Crippen LogP contribution in [0.15, 0.2) is 23.4 Å². The number of H-pyrrole nitrogens is 1. The Labute approximate surface area is 112 Å². The van der Waals surface area contributed by atoms with E-state index in [1.165, 1.54) is 0 Å². The molecule has 1 unspecified atom stereocenters. The van der Waals surface area contributed by atoms with Gasteiger partial charge < -0.3 is 15.0 Å². The number of nitrogens with zero attached hydrogens (tertiary/aromatic N) is 1. The molecule has 1 aromatic carbocycles. The molecule has 0 fully saturated rings. The maximum atomic E-state index is 5.47. The maximum Gasteiger partial charge on any atom is 0.166 e. The van der Waals surface area contributed by atoms with Crippen LogP contribution < -0.4 is 10.1 Å². The SMILES string of the molecule is CCOc1ccc2nc(SCC(C)NC)[nH]c2c1. The number of aromatic nitrogens is 2. The number of hydrogen-bond donors (Lipinski definition) is 2. The van der Waals surface area contributed by atoms with Gasteiger partial charge in [0.1, 0.15) is 5.75 Å². The minimum atomic E-state index is 0.474. The van der Waals surface area contributed by atoms with E-state index in [-0.39, 0.29) is 0 Å². The van der Waals surface area contributed by atoms with Crippen LogP contribution in [0.1, 0.15) is 13.8 Å². The van der Waals surface area contributed by atoms with E-state index in [2.05, 4.69) is 22.2 Å². The van der Waals surface area contributed by atoms with Crippen LogP contribution in [0.5, 0.6) is 5.75 Å². The molecule has 1 aromatic heterocycles. The summed E-state index contributed by atoms with van der Waals surface area (Å²) in [6.07, 6.45) is 0. The second-order valence-electron chi connectivity index (χ2n) is 4.15. The summed E-state index contributed by atoms with van der Waals surface area (Å²) in [6.45, 7) is 4.82. The van der Waals surface area contributed by atoms with Crippen LogP contribution in [0.4, 0.5) is 0 Å². The van der Waals surface area contributed by atoms with Crippen LogP contribution in [0.25, 0.3) is 11.0 Å². The molecule has 5 heteroatoms. The first kappa shape index (κ1) is 13.2. The third kappa shape index (κ3) is 3.17. The van der Waals surface area contributed by atoms with Crippen molar-refractivity contribution >= 4 is 22.8 Å². The molecule has 0 saturated heterocycles. The van der Waals surface area contributed by atoms with Gasteiger partial charge in [0.05, 0.1) is 17.6 Å². The third-order valence-electron chi connectivity index (χ3n) is 2.71. The van der Waals surface area contributed by atoms with Gasteiger partial charge in [-0.15, -0.1) is 0 Å². The fraction of sp³-hybridized carbons (Fsp3) is 0.462. The van der Waals surface area contributed by atoms with Crippen molar-refractivity contribution in [2.75, 3.05) is 19.4 Å². The summed E-state index contributed by atoms with van der Waals surface area (Å²) in [5.41, 5.74) is 2.01. The average Bonchev–Trinajstić information content (AvgIpc) is 2.78. The van der Waals surface area contributed by atoms with Gasteiger partial charge in [-0.05, 0) is 33.0 Å². The molecule has 98 valence electrons. The van der Waals surface area contributed by atoms with E-state index < -0.39 is 0 Å². The normalized spacial score (nSPS) is 12.8. The zero-order chi connectivity index (χ0) is 13.0. The summed E-state index contributed by atoms with van der Waals surface area (Å²) in [5, 5.41) is 4.17. The first-order chi connectivity index (χ1) is 8.72. The molecule has 0 amide bonds. The summed E-state index contributed by atoms with van der Waals surface area (Å²) in [5.74, 6) is 1.88. The standard InChI is InChI=1S/C13H19N3OS/c1-4-17-10-5-6-11-12(7-10)16-13(15-11)18-8-9(2)14-3/h5-7,9,14H,4,8H2,1-3H3,(H,15,16). The largest absolute Gasteiger partial charge is 0.494 e. The molecule has 2 N–H and O–H groups in total. The van der Waals surface area contributed by atoms with Crippen LogP contribution in [0.3, 0.4) is 0 Å². The zero-order valence-electron chi connectivity index (χ0n) is 11.0. The van der Waals surface area contributed by atoms with Crippen molar-refractivity contribution in [2.45, 2.75) is 25.0 Å². The van der Waals surface area contributed by atoms with Crippen molar-refractivity contribution in [1.82, 2.24) is 15.3 Å². The highest BCUT2D eigenvalue weighted by Gasteiger charge is 2.06. The highest BCUT2D eigenvalue weighted by atomic mass is 32.2. The number of rotatable bonds is 6. The molecular weight excluding hydrogens is 246 g/mol. The van der Waals surface area contributed by atoms with Crippen molar-refractivity contribution in [2.24, 2.45) is 0 Å². The predicted molar refractivity (Wildman–Crippen MR) is 76.5 cm³/mol. The highest BCUT2D eigenvalue weighted by Crippen LogP contribution is 2.23. The van der Waals surface area contributed by atoms with Crippen molar-refractivity contribution in [3.8, 4) is 5.75 Å². The number of hydrogen-bond acceptors (Lipinski definition) is 4. The van der Waals surface area contributed by atoms with Gasteiger partial charge in [0.25, 0.3) is 0 Å². The second kappa shape index (κ2) is 6.11. The predicted octanol–water partition coefficient (Wildman–Crippen LogP) is 2.66. The monoisotopic (exact) mass is 265 g/mol. The molecule has 1 atom stereocenters. The van der Waals surface area contributed by atoms with Crippen LogP contribution >= 0.6 is 11.8 Å². The molecule has 1 heterocycles. The third-order valence-corrected chi connectivity index (χ3v) is 3.84. The van der Waals surface area contributed by atoms with Gasteiger partial charge in [-0.25, -0.2) is 4.98 Å². The molecule has 0 bridgehead atoms. The van der Waals surface area contributed by atoms with Gasteiger partial charge in [-0.1, -0.05) is 11.8 Å². The number of thioether (sulfide) groups is 1. The Bertz CT molecular complexity index is 512. The topological polar surface area (TPSA) is 49.9 Å². The van der Waals surface area contributed by atoms with E-state index in [1.54, 1.807) is 11.8 Å². The van der Waals surface area contributed by atoms with Crippen LogP contribution in [0, 0.1) is 0 Å². The Balaban J connectivity index is 2.11. The Morgan fingerprint density at radius 1 is 1.50 bits per heavy atom. The average molecular weight is 265 g/mol. The molecule has 2 rings (SSSR count). The van der Waals surface area contributed by atoms with Gasteiger partial charge in [-0.3, -0.25) is 0 Å². The van der Waals surface area contributed by atoms with Crippen LogP contribution in [-0.2, 0) is 0 Å². The number of aromatic amines is 1. The lowest BCUT2D eigenvalue weighted by atomic mass is 10.3. The molecule has 4 nitrogen and oxygen atoms in total. The first-order valence-electron chi connectivity index (χ1n) is 6.15.